The van der Waals surface area contributed by atoms with Gasteiger partial charge in [0, 0.05) is 17.5 Å². The van der Waals surface area contributed by atoms with E-state index < -0.39 is 15.7 Å². The van der Waals surface area contributed by atoms with Crippen LogP contribution in [0.5, 0.6) is 0 Å². The number of benzene rings is 2. The van der Waals surface area contributed by atoms with E-state index in [1.54, 1.807) is 0 Å². The number of anilines is 1. The molecule has 0 radical (unpaired) electrons. The van der Waals surface area contributed by atoms with E-state index in [-0.39, 0.29) is 10.0 Å². The molecule has 0 aliphatic rings. The lowest BCUT2D eigenvalue weighted by Crippen LogP contribution is -2.43. The summed E-state index contributed by atoms with van der Waals surface area (Å²) in [5.74, 6) is -0.422. The van der Waals surface area contributed by atoms with Crippen LogP contribution in [0.25, 0.3) is 0 Å². The van der Waals surface area contributed by atoms with Crippen LogP contribution in [-0.2, 0) is 16.3 Å². The first kappa shape index (κ1) is 20.9. The summed E-state index contributed by atoms with van der Waals surface area (Å²) >= 11 is 5.16. The van der Waals surface area contributed by atoms with Crippen molar-refractivity contribution in [1.82, 2.24) is 10.9 Å². The second-order valence-electron chi connectivity index (χ2n) is 6.13. The maximum absolute atomic E-state index is 12.1. The van der Waals surface area contributed by atoms with Crippen molar-refractivity contribution in [3.63, 3.8) is 0 Å². The molecule has 0 bridgehead atoms. The van der Waals surface area contributed by atoms with Crippen molar-refractivity contribution >= 4 is 38.8 Å². The standard InChI is InChI=1S/C19H23N3O3S2/c1-3-4-5-14-6-10-16(11-7-14)20-19(26)22-21-18(23)15-8-12-17(13-9-15)27(2,24)25/h6-13H,3-5H2,1-2H3,(H,21,23)(H2,20,22,26). The number of aryl methyl sites for hydroxylation is 1. The monoisotopic (exact) mass is 405 g/mol. The van der Waals surface area contributed by atoms with E-state index in [0.29, 0.717) is 5.56 Å². The Bertz CT molecular complexity index is 893. The summed E-state index contributed by atoms with van der Waals surface area (Å²) in [6.07, 6.45) is 4.48. The third kappa shape index (κ3) is 6.65. The Labute approximate surface area is 165 Å². The Kier molecular flexibility index (Phi) is 7.32. The second kappa shape index (κ2) is 9.48. The molecule has 2 aromatic carbocycles. The molecule has 2 rings (SSSR count). The summed E-state index contributed by atoms with van der Waals surface area (Å²) < 4.78 is 22.9. The summed E-state index contributed by atoms with van der Waals surface area (Å²) in [5, 5.41) is 3.23. The highest BCUT2D eigenvalue weighted by molar-refractivity contribution is 7.90. The van der Waals surface area contributed by atoms with Gasteiger partial charge in [-0.3, -0.25) is 15.6 Å². The van der Waals surface area contributed by atoms with Gasteiger partial charge in [-0.1, -0.05) is 25.5 Å². The van der Waals surface area contributed by atoms with E-state index in [1.165, 1.54) is 29.8 Å². The molecule has 27 heavy (non-hydrogen) atoms. The van der Waals surface area contributed by atoms with Crippen LogP contribution in [0.3, 0.4) is 0 Å². The fourth-order valence-electron chi connectivity index (χ4n) is 2.34. The van der Waals surface area contributed by atoms with Gasteiger partial charge in [-0.25, -0.2) is 8.42 Å². The molecule has 0 fully saturated rings. The number of sulfone groups is 1. The van der Waals surface area contributed by atoms with E-state index >= 15 is 0 Å². The second-order valence-corrected chi connectivity index (χ2v) is 8.55. The number of rotatable bonds is 6. The minimum absolute atomic E-state index is 0.159. The zero-order chi connectivity index (χ0) is 19.9. The lowest BCUT2D eigenvalue weighted by atomic mass is 10.1. The molecule has 3 N–H and O–H groups in total. The molecule has 8 heteroatoms. The molecule has 0 spiro atoms. The van der Waals surface area contributed by atoms with Gasteiger partial charge in [-0.05, 0) is 67.0 Å². The van der Waals surface area contributed by atoms with Gasteiger partial charge in [0.25, 0.3) is 5.91 Å². The van der Waals surface area contributed by atoms with Crippen molar-refractivity contribution in [2.45, 2.75) is 31.1 Å². The van der Waals surface area contributed by atoms with Crippen LogP contribution in [0.4, 0.5) is 5.69 Å². The lowest BCUT2D eigenvalue weighted by Gasteiger charge is -2.12. The quantitative estimate of drug-likeness (QED) is 0.506. The van der Waals surface area contributed by atoms with Gasteiger partial charge in [0.15, 0.2) is 14.9 Å². The first-order valence-electron chi connectivity index (χ1n) is 8.56. The largest absolute Gasteiger partial charge is 0.331 e. The molecule has 2 aromatic rings. The fraction of sp³-hybridized carbons (Fsp3) is 0.263. The number of amides is 1. The molecule has 6 nitrogen and oxygen atoms in total. The molecule has 0 saturated heterocycles. The number of hydrogen-bond donors (Lipinski definition) is 3. The van der Waals surface area contributed by atoms with Gasteiger partial charge < -0.3 is 5.32 Å². The Morgan fingerprint density at radius 3 is 2.19 bits per heavy atom. The van der Waals surface area contributed by atoms with Crippen LogP contribution in [0, 0.1) is 0 Å². The molecule has 1 amide bonds. The Morgan fingerprint density at radius 1 is 1.00 bits per heavy atom. The molecule has 0 aliphatic carbocycles. The molecule has 0 aliphatic heterocycles. The fourth-order valence-corrected chi connectivity index (χ4v) is 3.14. The zero-order valence-electron chi connectivity index (χ0n) is 15.3. The van der Waals surface area contributed by atoms with Crippen molar-refractivity contribution in [1.29, 1.82) is 0 Å². The van der Waals surface area contributed by atoms with Crippen LogP contribution in [-0.4, -0.2) is 25.7 Å². The first-order chi connectivity index (χ1) is 12.8. The van der Waals surface area contributed by atoms with Crippen molar-refractivity contribution in [3.8, 4) is 0 Å². The zero-order valence-corrected chi connectivity index (χ0v) is 16.9. The van der Waals surface area contributed by atoms with E-state index in [4.69, 9.17) is 12.2 Å². The van der Waals surface area contributed by atoms with Crippen LogP contribution < -0.4 is 16.2 Å². The number of carbonyl (C=O) groups excluding carboxylic acids is 1. The molecule has 144 valence electrons. The summed E-state index contributed by atoms with van der Waals surface area (Å²) in [6.45, 7) is 2.16. The van der Waals surface area contributed by atoms with Gasteiger partial charge in [0.1, 0.15) is 0 Å². The average Bonchev–Trinajstić information content (AvgIpc) is 2.65. The van der Waals surface area contributed by atoms with E-state index in [2.05, 4.69) is 23.1 Å². The van der Waals surface area contributed by atoms with Gasteiger partial charge in [-0.2, -0.15) is 0 Å². The molecular formula is C19H23N3O3S2. The number of hydrogen-bond acceptors (Lipinski definition) is 4. The maximum atomic E-state index is 12.1. The highest BCUT2D eigenvalue weighted by Crippen LogP contribution is 2.12. The third-order valence-corrected chi connectivity index (χ3v) is 5.20. The predicted octanol–water partition coefficient (Wildman–Crippen LogP) is 3.06. The highest BCUT2D eigenvalue weighted by atomic mass is 32.2. The molecular weight excluding hydrogens is 382 g/mol. The van der Waals surface area contributed by atoms with Crippen molar-refractivity contribution in [3.05, 3.63) is 59.7 Å². The van der Waals surface area contributed by atoms with E-state index in [0.717, 1.165) is 31.2 Å². The van der Waals surface area contributed by atoms with Gasteiger partial charge >= 0.3 is 0 Å². The average molecular weight is 406 g/mol. The maximum Gasteiger partial charge on any atom is 0.269 e. The minimum atomic E-state index is -3.29. The molecule has 0 aromatic heterocycles. The third-order valence-electron chi connectivity index (χ3n) is 3.87. The Hall–Kier alpha value is -2.45. The number of carbonyl (C=O) groups is 1. The molecule has 0 saturated carbocycles. The lowest BCUT2D eigenvalue weighted by molar-refractivity contribution is 0.0944. The van der Waals surface area contributed by atoms with E-state index in [1.807, 2.05) is 24.3 Å². The summed E-state index contributed by atoms with van der Waals surface area (Å²) in [6, 6.07) is 13.6. The highest BCUT2D eigenvalue weighted by Gasteiger charge is 2.10. The number of nitrogens with one attached hydrogen (secondary N) is 3. The van der Waals surface area contributed by atoms with Crippen molar-refractivity contribution in [2.75, 3.05) is 11.6 Å². The minimum Gasteiger partial charge on any atom is -0.331 e. The van der Waals surface area contributed by atoms with Crippen LogP contribution in [0.1, 0.15) is 35.7 Å². The summed E-state index contributed by atoms with van der Waals surface area (Å²) in [7, 11) is -3.29. The first-order valence-corrected chi connectivity index (χ1v) is 10.9. The number of thiocarbonyl (C=S) groups is 1. The predicted molar refractivity (Wildman–Crippen MR) is 111 cm³/mol. The van der Waals surface area contributed by atoms with Crippen LogP contribution in [0.2, 0.25) is 0 Å². The van der Waals surface area contributed by atoms with Gasteiger partial charge in [-0.15, -0.1) is 0 Å². The summed E-state index contributed by atoms with van der Waals surface area (Å²) in [5.41, 5.74) is 7.51. The topological polar surface area (TPSA) is 87.3 Å². The molecule has 0 heterocycles. The van der Waals surface area contributed by atoms with Crippen molar-refractivity contribution in [2.24, 2.45) is 0 Å². The van der Waals surface area contributed by atoms with Crippen molar-refractivity contribution < 1.29 is 13.2 Å². The van der Waals surface area contributed by atoms with E-state index in [9.17, 15) is 13.2 Å². The molecule has 0 unspecified atom stereocenters. The number of hydrazine groups is 1. The molecule has 0 atom stereocenters. The normalized spacial score (nSPS) is 10.9. The summed E-state index contributed by atoms with van der Waals surface area (Å²) in [4.78, 5) is 12.3. The number of unbranched alkanes of at least 4 members (excludes halogenated alkanes) is 1. The van der Waals surface area contributed by atoms with Gasteiger partial charge in [0.05, 0.1) is 4.90 Å². The smallest absolute Gasteiger partial charge is 0.269 e. The van der Waals surface area contributed by atoms with Gasteiger partial charge in [0.2, 0.25) is 0 Å². The van der Waals surface area contributed by atoms with Crippen LogP contribution in [0.15, 0.2) is 53.4 Å². The Morgan fingerprint density at radius 2 is 1.63 bits per heavy atom. The van der Waals surface area contributed by atoms with Crippen LogP contribution >= 0.6 is 12.2 Å². The Balaban J connectivity index is 1.85. The SMILES string of the molecule is CCCCc1ccc(NC(=S)NNC(=O)c2ccc(S(C)(=O)=O)cc2)cc1.